The lowest BCUT2D eigenvalue weighted by atomic mass is 9.71. The van der Waals surface area contributed by atoms with Gasteiger partial charge in [0.2, 0.25) is 0 Å². The van der Waals surface area contributed by atoms with E-state index in [1.165, 1.54) is 11.1 Å². The first-order chi connectivity index (χ1) is 24.3. The molecule has 4 N–H and O–H groups in total. The summed E-state index contributed by atoms with van der Waals surface area (Å²) in [5.41, 5.74) is 8.47. The van der Waals surface area contributed by atoms with Crippen molar-refractivity contribution in [1.29, 1.82) is 0 Å². The van der Waals surface area contributed by atoms with Gasteiger partial charge in [-0.3, -0.25) is 0 Å². The molecule has 0 radical (unpaired) electrons. The molecule has 0 aliphatic carbocycles. The van der Waals surface area contributed by atoms with Gasteiger partial charge in [0.05, 0.1) is 0 Å². The van der Waals surface area contributed by atoms with Gasteiger partial charge in [0.1, 0.15) is 23.0 Å². The first-order valence-corrected chi connectivity index (χ1v) is 20.1. The summed E-state index contributed by atoms with van der Waals surface area (Å²) in [5.74, 6) is 1.53. The van der Waals surface area contributed by atoms with Crippen molar-refractivity contribution in [3.8, 4) is 23.0 Å². The van der Waals surface area contributed by atoms with Gasteiger partial charge >= 0.3 is 0 Å². The Hall–Kier alpha value is -3.57. The fourth-order valence-corrected chi connectivity index (χ4v) is 8.75. The number of phenolic OH excluding ortho intramolecular Hbond substituents is 4. The van der Waals surface area contributed by atoms with E-state index in [-0.39, 0.29) is 27.6 Å². The molecule has 4 aromatic carbocycles. The first kappa shape index (κ1) is 42.2. The number of aromatic hydroxyl groups is 4. The molecule has 0 spiro atoms. The summed E-state index contributed by atoms with van der Waals surface area (Å²) in [5, 5.41) is 44.8. The molecule has 1 unspecified atom stereocenters. The zero-order chi connectivity index (χ0) is 40.0. The Morgan fingerprint density at radius 1 is 0.472 bits per heavy atom. The molecule has 0 aliphatic rings. The van der Waals surface area contributed by atoms with Crippen LogP contribution in [0.2, 0.25) is 0 Å². The minimum absolute atomic E-state index is 0.127. The Morgan fingerprint density at radius 2 is 0.792 bits per heavy atom. The number of phenols is 4. The molecule has 5 heteroatoms. The molecule has 0 saturated carbocycles. The van der Waals surface area contributed by atoms with Crippen LogP contribution in [0.4, 0.5) is 0 Å². The van der Waals surface area contributed by atoms with Crippen molar-refractivity contribution in [2.45, 2.75) is 167 Å². The maximum atomic E-state index is 11.6. The van der Waals surface area contributed by atoms with Crippen LogP contribution in [0, 0.1) is 27.7 Å². The average Bonchev–Trinajstić information content (AvgIpc) is 3.03. The van der Waals surface area contributed by atoms with Crippen LogP contribution < -0.4 is 0 Å². The minimum Gasteiger partial charge on any atom is -0.507 e. The van der Waals surface area contributed by atoms with E-state index in [2.05, 4.69) is 113 Å². The summed E-state index contributed by atoms with van der Waals surface area (Å²) in [7, 11) is 0. The number of aryl methyl sites for hydroxylation is 4. The van der Waals surface area contributed by atoms with E-state index < -0.39 is 0 Å². The van der Waals surface area contributed by atoms with Crippen molar-refractivity contribution >= 4 is 11.8 Å². The molecular weight excluding hydrogens is 673 g/mol. The summed E-state index contributed by atoms with van der Waals surface area (Å²) in [4.78, 5) is 2.11. The van der Waals surface area contributed by atoms with E-state index in [0.717, 1.165) is 80.0 Å². The van der Waals surface area contributed by atoms with Crippen LogP contribution in [0.3, 0.4) is 0 Å². The lowest BCUT2D eigenvalue weighted by Gasteiger charge is -2.34. The van der Waals surface area contributed by atoms with Crippen molar-refractivity contribution in [2.24, 2.45) is 0 Å². The Balaban J connectivity index is 1.69. The fraction of sp³-hybridized carbons (Fsp3) is 0.500. The summed E-state index contributed by atoms with van der Waals surface area (Å²) < 4.78 is 0. The molecule has 0 bridgehead atoms. The van der Waals surface area contributed by atoms with Gasteiger partial charge in [-0.25, -0.2) is 0 Å². The molecule has 0 aromatic heterocycles. The number of hydrogen-bond acceptors (Lipinski definition) is 5. The fourth-order valence-electron chi connectivity index (χ4n) is 7.65. The Morgan fingerprint density at radius 3 is 1.19 bits per heavy atom. The quantitative estimate of drug-likeness (QED) is 0.123. The molecule has 4 aromatic rings. The van der Waals surface area contributed by atoms with Crippen LogP contribution in [-0.2, 0) is 21.7 Å². The number of rotatable bonds is 11. The molecule has 0 fully saturated rings. The van der Waals surface area contributed by atoms with Gasteiger partial charge in [0.25, 0.3) is 0 Å². The Kier molecular flexibility index (Phi) is 12.2. The molecular formula is C48H66O4S. The molecule has 4 nitrogen and oxygen atoms in total. The summed E-state index contributed by atoms with van der Waals surface area (Å²) in [6.07, 6.45) is 3.55. The van der Waals surface area contributed by atoms with Crippen LogP contribution in [0.15, 0.2) is 58.3 Å². The van der Waals surface area contributed by atoms with Gasteiger partial charge < -0.3 is 20.4 Å². The van der Waals surface area contributed by atoms with E-state index in [1.807, 2.05) is 39.8 Å². The van der Waals surface area contributed by atoms with E-state index in [9.17, 15) is 20.4 Å². The largest absolute Gasteiger partial charge is 0.507 e. The second-order valence-corrected chi connectivity index (χ2v) is 20.1. The van der Waals surface area contributed by atoms with E-state index in [0.29, 0.717) is 23.0 Å². The van der Waals surface area contributed by atoms with Crippen molar-refractivity contribution < 1.29 is 20.4 Å². The zero-order valence-electron chi connectivity index (χ0n) is 35.2. The number of benzene rings is 4. The Labute approximate surface area is 325 Å². The maximum absolute atomic E-state index is 11.6. The SMILES string of the molecule is CCCC(c1cc(C)c(O)c(C(C)(C)C)c1)c1cc(C)c(O)c(C(C)(C)CCC(C)(C)c2cc(Sc3cc(C)c(O)c(C(C)(C)C)c3)cc(C)c2O)c1. The first-order valence-electron chi connectivity index (χ1n) is 19.3. The third kappa shape index (κ3) is 9.22. The van der Waals surface area contributed by atoms with Crippen molar-refractivity contribution in [1.82, 2.24) is 0 Å². The predicted octanol–water partition coefficient (Wildman–Crippen LogP) is 13.5. The molecule has 0 amide bonds. The Bertz CT molecular complexity index is 1970. The third-order valence-corrected chi connectivity index (χ3v) is 12.2. The average molecular weight is 739 g/mol. The van der Waals surface area contributed by atoms with E-state index in [1.54, 1.807) is 11.8 Å². The van der Waals surface area contributed by atoms with E-state index >= 15 is 0 Å². The molecule has 1 atom stereocenters. The third-order valence-electron chi connectivity index (χ3n) is 11.3. The highest BCUT2D eigenvalue weighted by Crippen LogP contribution is 2.47. The molecule has 288 valence electrons. The normalized spacial score (nSPS) is 13.4. The standard InChI is InChI=1S/C48H66O4S/c1-16-17-36(32-20-28(2)41(49)37(24-32)45(6,7)8)33-21-29(3)43(51)39(25-33)47(12,13)18-19-48(14,15)40-27-35(23-31(5)44(40)52)53-34-22-30(4)42(50)38(26-34)46(9,10)11/h20-27,36,49-52H,16-19H2,1-15H3. The highest BCUT2D eigenvalue weighted by atomic mass is 32.2. The van der Waals surface area contributed by atoms with Crippen molar-refractivity contribution in [2.75, 3.05) is 0 Å². The monoisotopic (exact) mass is 738 g/mol. The van der Waals surface area contributed by atoms with Gasteiger partial charge in [-0.05, 0) is 132 Å². The van der Waals surface area contributed by atoms with Crippen molar-refractivity contribution in [3.63, 3.8) is 0 Å². The van der Waals surface area contributed by atoms with Crippen LogP contribution >= 0.6 is 11.8 Å². The van der Waals surface area contributed by atoms with Crippen LogP contribution in [-0.4, -0.2) is 20.4 Å². The topological polar surface area (TPSA) is 80.9 Å². The van der Waals surface area contributed by atoms with Crippen LogP contribution in [0.1, 0.15) is 163 Å². The summed E-state index contributed by atoms with van der Waals surface area (Å²) in [6, 6.07) is 17.0. The highest BCUT2D eigenvalue weighted by molar-refractivity contribution is 7.99. The second-order valence-electron chi connectivity index (χ2n) is 19.0. The lowest BCUT2D eigenvalue weighted by Crippen LogP contribution is -2.25. The molecule has 53 heavy (non-hydrogen) atoms. The van der Waals surface area contributed by atoms with Gasteiger partial charge in [0.15, 0.2) is 0 Å². The van der Waals surface area contributed by atoms with Crippen LogP contribution in [0.25, 0.3) is 0 Å². The van der Waals surface area contributed by atoms with Crippen LogP contribution in [0.5, 0.6) is 23.0 Å². The molecule has 0 saturated heterocycles. The molecule has 0 aliphatic heterocycles. The maximum Gasteiger partial charge on any atom is 0.122 e. The van der Waals surface area contributed by atoms with Gasteiger partial charge in [-0.15, -0.1) is 0 Å². The zero-order valence-corrected chi connectivity index (χ0v) is 36.0. The lowest BCUT2D eigenvalue weighted by molar-refractivity contribution is 0.349. The molecule has 4 rings (SSSR count). The van der Waals surface area contributed by atoms with Gasteiger partial charge in [0, 0.05) is 32.4 Å². The second kappa shape index (κ2) is 15.3. The minimum atomic E-state index is -0.357. The summed E-state index contributed by atoms with van der Waals surface area (Å²) >= 11 is 1.66. The predicted molar refractivity (Wildman–Crippen MR) is 225 cm³/mol. The summed E-state index contributed by atoms with van der Waals surface area (Å²) in [6.45, 7) is 31.7. The van der Waals surface area contributed by atoms with Crippen molar-refractivity contribution in [3.05, 3.63) is 104 Å². The number of hydrogen-bond donors (Lipinski definition) is 4. The van der Waals surface area contributed by atoms with Gasteiger partial charge in [-0.2, -0.15) is 0 Å². The highest BCUT2D eigenvalue weighted by Gasteiger charge is 2.33. The smallest absolute Gasteiger partial charge is 0.122 e. The molecule has 0 heterocycles. The van der Waals surface area contributed by atoms with Gasteiger partial charge in [-0.1, -0.05) is 119 Å². The van der Waals surface area contributed by atoms with E-state index in [4.69, 9.17) is 0 Å².